The van der Waals surface area contributed by atoms with Crippen LogP contribution in [0.1, 0.15) is 37.5 Å². The molecule has 1 aliphatic heterocycles. The number of nitriles is 1. The van der Waals surface area contributed by atoms with Crippen LogP contribution in [0.5, 0.6) is 5.75 Å². The third kappa shape index (κ3) is 3.92. The van der Waals surface area contributed by atoms with Crippen LogP contribution in [-0.2, 0) is 4.79 Å². The lowest BCUT2D eigenvalue weighted by Gasteiger charge is -2.43. The standard InChI is InChI=1S/C23H21BrN4O4S/c1-23(2)8-17-21(18(29)9-23)20(19-6-12(24)11-33-19)14(10-25)22(26)27(17)15-5-4-13(32-3)7-16(15)28(30)31/h4-7,11,20H,8-9,26H2,1-3H3. The van der Waals surface area contributed by atoms with Crippen LogP contribution in [0.15, 0.2) is 56.8 Å². The van der Waals surface area contributed by atoms with Crippen LogP contribution < -0.4 is 15.4 Å². The number of carbonyl (C=O) groups is 1. The van der Waals surface area contributed by atoms with Crippen molar-refractivity contribution in [2.24, 2.45) is 11.1 Å². The van der Waals surface area contributed by atoms with Crippen LogP contribution >= 0.6 is 27.3 Å². The lowest BCUT2D eigenvalue weighted by molar-refractivity contribution is -0.384. The monoisotopic (exact) mass is 528 g/mol. The van der Waals surface area contributed by atoms with Gasteiger partial charge in [0.15, 0.2) is 5.78 Å². The Bertz CT molecular complexity index is 1290. The molecule has 170 valence electrons. The molecule has 0 fully saturated rings. The molecule has 0 amide bonds. The number of nitrogens with two attached hydrogens (primary N) is 1. The highest BCUT2D eigenvalue weighted by Gasteiger charge is 2.46. The van der Waals surface area contributed by atoms with Crippen molar-refractivity contribution in [2.45, 2.75) is 32.6 Å². The molecule has 10 heteroatoms. The van der Waals surface area contributed by atoms with Crippen molar-refractivity contribution in [3.05, 3.63) is 71.8 Å². The molecule has 2 N–H and O–H groups in total. The molecule has 4 rings (SSSR count). The summed E-state index contributed by atoms with van der Waals surface area (Å²) in [6.07, 6.45) is 0.783. The average molecular weight is 529 g/mol. The van der Waals surface area contributed by atoms with Crippen molar-refractivity contribution in [3.8, 4) is 11.8 Å². The van der Waals surface area contributed by atoms with Gasteiger partial charge in [-0.1, -0.05) is 13.8 Å². The second-order valence-electron chi connectivity index (χ2n) is 8.76. The Morgan fingerprint density at radius 1 is 1.36 bits per heavy atom. The van der Waals surface area contributed by atoms with E-state index < -0.39 is 10.8 Å². The van der Waals surface area contributed by atoms with E-state index in [1.807, 2.05) is 25.3 Å². The maximum absolute atomic E-state index is 13.5. The molecule has 2 aromatic rings. The van der Waals surface area contributed by atoms with Crippen LogP contribution in [0.25, 0.3) is 0 Å². The molecule has 1 aliphatic carbocycles. The summed E-state index contributed by atoms with van der Waals surface area (Å²) in [5.74, 6) is -0.290. The molecule has 0 saturated heterocycles. The first-order chi connectivity index (χ1) is 15.6. The normalized spacial score (nSPS) is 19.9. The number of benzene rings is 1. The zero-order chi connectivity index (χ0) is 24.1. The number of thiophene rings is 1. The number of ether oxygens (including phenoxy) is 1. The van der Waals surface area contributed by atoms with E-state index in [-0.39, 0.29) is 34.0 Å². The van der Waals surface area contributed by atoms with Gasteiger partial charge < -0.3 is 10.5 Å². The fourth-order valence-electron chi connectivity index (χ4n) is 4.51. The van der Waals surface area contributed by atoms with Crippen molar-refractivity contribution >= 4 is 44.4 Å². The Balaban J connectivity index is 2.04. The predicted octanol–water partition coefficient (Wildman–Crippen LogP) is 5.37. The Hall–Kier alpha value is -3.16. The molecular formula is C23H21BrN4O4S. The molecule has 8 nitrogen and oxygen atoms in total. The van der Waals surface area contributed by atoms with Gasteiger partial charge in [-0.3, -0.25) is 19.8 Å². The van der Waals surface area contributed by atoms with Crippen LogP contribution in [-0.4, -0.2) is 17.8 Å². The van der Waals surface area contributed by atoms with Gasteiger partial charge in [-0.25, -0.2) is 0 Å². The average Bonchev–Trinajstić information content (AvgIpc) is 3.17. The van der Waals surface area contributed by atoms with Gasteiger partial charge in [0.05, 0.1) is 35.7 Å². The van der Waals surface area contributed by atoms with E-state index in [2.05, 4.69) is 22.0 Å². The van der Waals surface area contributed by atoms with Gasteiger partial charge in [-0.05, 0) is 46.0 Å². The topological polar surface area (TPSA) is 122 Å². The highest BCUT2D eigenvalue weighted by molar-refractivity contribution is 9.10. The summed E-state index contributed by atoms with van der Waals surface area (Å²) in [4.78, 5) is 27.2. The predicted molar refractivity (Wildman–Crippen MR) is 129 cm³/mol. The molecular weight excluding hydrogens is 508 g/mol. The fraction of sp³-hybridized carbons (Fsp3) is 0.304. The van der Waals surface area contributed by atoms with Gasteiger partial charge in [0, 0.05) is 32.4 Å². The number of nitrogens with zero attached hydrogens (tertiary/aromatic N) is 3. The van der Waals surface area contributed by atoms with Crippen LogP contribution in [0.2, 0.25) is 0 Å². The largest absolute Gasteiger partial charge is 0.496 e. The molecule has 2 aliphatic rings. The first-order valence-corrected chi connectivity index (χ1v) is 11.8. The Labute approximate surface area is 203 Å². The number of allylic oxidation sites excluding steroid dienone is 3. The smallest absolute Gasteiger partial charge is 0.296 e. The minimum absolute atomic E-state index is 0.0859. The van der Waals surface area contributed by atoms with Gasteiger partial charge >= 0.3 is 0 Å². The fourth-order valence-corrected chi connectivity index (χ4v) is 6.08. The number of nitro benzene ring substituents is 1. The number of anilines is 1. The number of Topliss-reactive ketones (excluding diaryl/α,β-unsaturated/α-hetero) is 1. The van der Waals surface area contributed by atoms with Crippen molar-refractivity contribution in [3.63, 3.8) is 0 Å². The summed E-state index contributed by atoms with van der Waals surface area (Å²) in [7, 11) is 1.42. The number of hydrogen-bond donors (Lipinski definition) is 1. The molecule has 0 bridgehead atoms. The molecule has 0 radical (unpaired) electrons. The third-order valence-electron chi connectivity index (χ3n) is 5.87. The summed E-state index contributed by atoms with van der Waals surface area (Å²) in [5, 5.41) is 23.9. The number of ketones is 1. The molecule has 2 heterocycles. The molecule has 1 aromatic heterocycles. The Morgan fingerprint density at radius 2 is 2.09 bits per heavy atom. The molecule has 1 atom stereocenters. The van der Waals surface area contributed by atoms with Gasteiger partial charge in [0.25, 0.3) is 5.69 Å². The van der Waals surface area contributed by atoms with E-state index in [4.69, 9.17) is 10.5 Å². The zero-order valence-electron chi connectivity index (χ0n) is 18.2. The quantitative estimate of drug-likeness (QED) is 0.417. The SMILES string of the molecule is COc1ccc(N2C(N)=C(C#N)C(c3cc(Br)cs3)C3=C2CC(C)(C)CC3=O)c([N+](=O)[O-])c1. The number of nitro groups is 1. The van der Waals surface area contributed by atoms with Crippen molar-refractivity contribution in [1.29, 1.82) is 5.26 Å². The first kappa shape index (κ1) is 23.0. The second-order valence-corrected chi connectivity index (χ2v) is 10.6. The van der Waals surface area contributed by atoms with Crippen LogP contribution in [0.3, 0.4) is 0 Å². The van der Waals surface area contributed by atoms with Gasteiger partial charge in [0.2, 0.25) is 0 Å². The number of carbonyl (C=O) groups excluding carboxylic acids is 1. The summed E-state index contributed by atoms with van der Waals surface area (Å²) in [6, 6.07) is 8.51. The molecule has 1 aromatic carbocycles. The van der Waals surface area contributed by atoms with E-state index in [1.165, 1.54) is 35.5 Å². The number of rotatable bonds is 4. The lowest BCUT2D eigenvalue weighted by atomic mass is 9.69. The molecule has 1 unspecified atom stereocenters. The molecule has 0 spiro atoms. The lowest BCUT2D eigenvalue weighted by Crippen LogP contribution is -2.42. The summed E-state index contributed by atoms with van der Waals surface area (Å²) in [6.45, 7) is 3.96. The van der Waals surface area contributed by atoms with Crippen LogP contribution in [0, 0.1) is 26.9 Å². The van der Waals surface area contributed by atoms with E-state index in [9.17, 15) is 20.2 Å². The van der Waals surface area contributed by atoms with Gasteiger partial charge in [-0.2, -0.15) is 5.26 Å². The number of methoxy groups -OCH3 is 1. The summed E-state index contributed by atoms with van der Waals surface area (Å²) in [5.41, 5.74) is 7.41. The highest BCUT2D eigenvalue weighted by atomic mass is 79.9. The third-order valence-corrected chi connectivity index (χ3v) is 7.63. The first-order valence-electron chi connectivity index (χ1n) is 10.1. The van der Waals surface area contributed by atoms with Crippen molar-refractivity contribution in [2.75, 3.05) is 12.0 Å². The second kappa shape index (κ2) is 8.32. The minimum atomic E-state index is -0.613. The summed E-state index contributed by atoms with van der Waals surface area (Å²) >= 11 is 4.87. The summed E-state index contributed by atoms with van der Waals surface area (Å²) < 4.78 is 6.01. The van der Waals surface area contributed by atoms with E-state index in [0.717, 1.165) is 9.35 Å². The number of halogens is 1. The molecule has 33 heavy (non-hydrogen) atoms. The number of hydrogen-bond acceptors (Lipinski definition) is 8. The zero-order valence-corrected chi connectivity index (χ0v) is 20.6. The van der Waals surface area contributed by atoms with Crippen LogP contribution in [0.4, 0.5) is 11.4 Å². The van der Waals surface area contributed by atoms with Gasteiger partial charge in [-0.15, -0.1) is 11.3 Å². The van der Waals surface area contributed by atoms with E-state index >= 15 is 0 Å². The van der Waals surface area contributed by atoms with E-state index in [1.54, 1.807) is 6.07 Å². The van der Waals surface area contributed by atoms with E-state index in [0.29, 0.717) is 29.9 Å². The van der Waals surface area contributed by atoms with Crippen molar-refractivity contribution in [1.82, 2.24) is 0 Å². The minimum Gasteiger partial charge on any atom is -0.496 e. The van der Waals surface area contributed by atoms with Crippen molar-refractivity contribution < 1.29 is 14.5 Å². The van der Waals surface area contributed by atoms with Gasteiger partial charge in [0.1, 0.15) is 17.3 Å². The Kier molecular flexibility index (Phi) is 5.80. The maximum atomic E-state index is 13.5. The maximum Gasteiger partial charge on any atom is 0.296 e. The Morgan fingerprint density at radius 3 is 2.67 bits per heavy atom. The highest BCUT2D eigenvalue weighted by Crippen LogP contribution is 2.52. The molecule has 0 saturated carbocycles.